The summed E-state index contributed by atoms with van der Waals surface area (Å²) in [6.45, 7) is 0.242. The van der Waals surface area contributed by atoms with E-state index in [1.54, 1.807) is 24.0 Å². The Morgan fingerprint density at radius 2 is 2.11 bits per heavy atom. The van der Waals surface area contributed by atoms with Gasteiger partial charge in [0.2, 0.25) is 5.28 Å². The lowest BCUT2D eigenvalue weighted by atomic mass is 10.3. The van der Waals surface area contributed by atoms with Crippen LogP contribution in [-0.4, -0.2) is 19.7 Å². The van der Waals surface area contributed by atoms with Gasteiger partial charge in [0.05, 0.1) is 12.2 Å². The number of aryl methyl sites for hydroxylation is 1. The molecule has 0 aliphatic rings. The van der Waals surface area contributed by atoms with E-state index in [-0.39, 0.29) is 12.4 Å². The van der Waals surface area contributed by atoms with Crippen molar-refractivity contribution >= 4 is 17.4 Å². The van der Waals surface area contributed by atoms with Crippen LogP contribution in [0.1, 0.15) is 11.4 Å². The molecule has 0 aliphatic carbocycles. The van der Waals surface area contributed by atoms with Crippen molar-refractivity contribution in [1.29, 1.82) is 0 Å². The first-order chi connectivity index (χ1) is 8.84. The molecule has 2 rings (SSSR count). The SMILES string of the molecule is Cn1ccc(CNc2cc(C(F)(F)F)nc(Cl)n2)n1. The second kappa shape index (κ2) is 5.04. The number of rotatable bonds is 3. The van der Waals surface area contributed by atoms with Crippen molar-refractivity contribution < 1.29 is 13.2 Å². The molecule has 0 saturated heterocycles. The maximum atomic E-state index is 12.5. The third-order valence-electron chi connectivity index (χ3n) is 2.21. The topological polar surface area (TPSA) is 55.6 Å². The zero-order valence-corrected chi connectivity index (χ0v) is 10.5. The average molecular weight is 292 g/mol. The van der Waals surface area contributed by atoms with Gasteiger partial charge in [-0.2, -0.15) is 18.3 Å². The van der Waals surface area contributed by atoms with Gasteiger partial charge >= 0.3 is 6.18 Å². The van der Waals surface area contributed by atoms with Gasteiger partial charge in [-0.25, -0.2) is 9.97 Å². The highest BCUT2D eigenvalue weighted by atomic mass is 35.5. The normalized spacial score (nSPS) is 11.6. The van der Waals surface area contributed by atoms with Crippen molar-refractivity contribution in [3.8, 4) is 0 Å². The van der Waals surface area contributed by atoms with E-state index in [4.69, 9.17) is 11.6 Å². The number of halogens is 4. The molecule has 0 fully saturated rings. The maximum Gasteiger partial charge on any atom is 0.433 e. The highest BCUT2D eigenvalue weighted by molar-refractivity contribution is 6.28. The van der Waals surface area contributed by atoms with Crippen LogP contribution in [0.4, 0.5) is 19.0 Å². The Balaban J connectivity index is 2.14. The molecule has 0 atom stereocenters. The molecule has 0 aliphatic heterocycles. The second-order valence-corrected chi connectivity index (χ2v) is 4.08. The number of hydrogen-bond donors (Lipinski definition) is 1. The third kappa shape index (κ3) is 3.57. The molecule has 9 heteroatoms. The molecule has 2 aromatic heterocycles. The van der Waals surface area contributed by atoms with Gasteiger partial charge in [0.25, 0.3) is 0 Å². The van der Waals surface area contributed by atoms with Gasteiger partial charge in [0, 0.05) is 19.3 Å². The minimum absolute atomic E-state index is 0.00187. The lowest BCUT2D eigenvalue weighted by molar-refractivity contribution is -0.141. The Bertz CT molecular complexity index is 581. The molecule has 19 heavy (non-hydrogen) atoms. The molecule has 5 nitrogen and oxygen atoms in total. The van der Waals surface area contributed by atoms with Gasteiger partial charge in [-0.3, -0.25) is 4.68 Å². The second-order valence-electron chi connectivity index (χ2n) is 3.74. The number of nitrogens with zero attached hydrogens (tertiary/aromatic N) is 4. The lowest BCUT2D eigenvalue weighted by Gasteiger charge is -2.09. The van der Waals surface area contributed by atoms with Crippen LogP contribution in [0.2, 0.25) is 5.28 Å². The zero-order valence-electron chi connectivity index (χ0n) is 9.74. The van der Waals surface area contributed by atoms with E-state index in [0.29, 0.717) is 5.69 Å². The zero-order chi connectivity index (χ0) is 14.0. The quantitative estimate of drug-likeness (QED) is 0.883. The van der Waals surface area contributed by atoms with Gasteiger partial charge in [-0.15, -0.1) is 0 Å². The van der Waals surface area contributed by atoms with E-state index in [0.717, 1.165) is 6.07 Å². The van der Waals surface area contributed by atoms with Crippen LogP contribution < -0.4 is 5.32 Å². The van der Waals surface area contributed by atoms with Crippen LogP contribution in [0.3, 0.4) is 0 Å². The summed E-state index contributed by atoms with van der Waals surface area (Å²) in [4.78, 5) is 6.81. The summed E-state index contributed by atoms with van der Waals surface area (Å²) in [5.41, 5.74) is -0.415. The summed E-state index contributed by atoms with van der Waals surface area (Å²) in [7, 11) is 1.74. The highest BCUT2D eigenvalue weighted by Gasteiger charge is 2.33. The van der Waals surface area contributed by atoms with E-state index >= 15 is 0 Å². The number of hydrogen-bond acceptors (Lipinski definition) is 4. The molecule has 0 unspecified atom stereocenters. The highest BCUT2D eigenvalue weighted by Crippen LogP contribution is 2.29. The van der Waals surface area contributed by atoms with Crippen LogP contribution >= 0.6 is 11.6 Å². The van der Waals surface area contributed by atoms with Gasteiger partial charge in [0.15, 0.2) is 5.69 Å². The number of nitrogens with one attached hydrogen (secondary N) is 1. The summed E-state index contributed by atoms with van der Waals surface area (Å²) in [5, 5.41) is 6.33. The fourth-order valence-corrected chi connectivity index (χ4v) is 1.57. The molecule has 0 spiro atoms. The summed E-state index contributed by atoms with van der Waals surface area (Å²) >= 11 is 5.46. The van der Waals surface area contributed by atoms with Crippen LogP contribution in [0.15, 0.2) is 18.3 Å². The van der Waals surface area contributed by atoms with Crippen molar-refractivity contribution in [2.24, 2.45) is 7.05 Å². The lowest BCUT2D eigenvalue weighted by Crippen LogP contribution is -2.11. The van der Waals surface area contributed by atoms with E-state index in [2.05, 4.69) is 20.4 Å². The standard InChI is InChI=1S/C10H9ClF3N5/c1-19-3-2-6(18-19)5-15-8-4-7(10(12,13)14)16-9(11)17-8/h2-4H,5H2,1H3,(H,15,16,17). The first-order valence-electron chi connectivity index (χ1n) is 5.19. The van der Waals surface area contributed by atoms with Crippen LogP contribution in [-0.2, 0) is 19.8 Å². The molecule has 0 bridgehead atoms. The maximum absolute atomic E-state index is 12.5. The number of aromatic nitrogens is 4. The first-order valence-corrected chi connectivity index (χ1v) is 5.56. The van der Waals surface area contributed by atoms with Crippen LogP contribution in [0, 0.1) is 0 Å². The first kappa shape index (κ1) is 13.6. The fourth-order valence-electron chi connectivity index (χ4n) is 1.39. The smallest absolute Gasteiger partial charge is 0.364 e. The molecule has 2 aromatic rings. The molecular formula is C10H9ClF3N5. The van der Waals surface area contributed by atoms with Crippen molar-refractivity contribution in [3.63, 3.8) is 0 Å². The molecule has 2 heterocycles. The third-order valence-corrected chi connectivity index (χ3v) is 2.38. The van der Waals surface area contributed by atoms with Crippen molar-refractivity contribution in [1.82, 2.24) is 19.7 Å². The predicted molar refractivity (Wildman–Crippen MR) is 62.6 cm³/mol. The van der Waals surface area contributed by atoms with Gasteiger partial charge in [0.1, 0.15) is 5.82 Å². The minimum atomic E-state index is -4.56. The van der Waals surface area contributed by atoms with E-state index in [1.807, 2.05) is 0 Å². The van der Waals surface area contributed by atoms with Crippen molar-refractivity contribution in [3.05, 3.63) is 35.0 Å². The minimum Gasteiger partial charge on any atom is -0.364 e. The monoisotopic (exact) mass is 291 g/mol. The van der Waals surface area contributed by atoms with Crippen molar-refractivity contribution in [2.45, 2.75) is 12.7 Å². The Hall–Kier alpha value is -1.83. The summed E-state index contributed by atoms with van der Waals surface area (Å²) in [6.07, 6.45) is -2.83. The molecule has 0 amide bonds. The predicted octanol–water partition coefficient (Wildman–Crippen LogP) is 2.49. The Kier molecular flexibility index (Phi) is 3.61. The Morgan fingerprint density at radius 1 is 1.37 bits per heavy atom. The number of anilines is 1. The molecule has 102 valence electrons. The van der Waals surface area contributed by atoms with E-state index in [9.17, 15) is 13.2 Å². The molecule has 0 radical (unpaired) electrons. The molecule has 1 N–H and O–H groups in total. The van der Waals surface area contributed by atoms with Gasteiger partial charge in [-0.1, -0.05) is 0 Å². The molecule has 0 saturated carbocycles. The Labute approximate surface area is 111 Å². The van der Waals surface area contributed by atoms with Crippen LogP contribution in [0.5, 0.6) is 0 Å². The van der Waals surface area contributed by atoms with Gasteiger partial charge in [-0.05, 0) is 17.7 Å². The molecule has 0 aromatic carbocycles. The molecular weight excluding hydrogens is 283 g/mol. The summed E-state index contributed by atoms with van der Waals surface area (Å²) < 4.78 is 39.2. The van der Waals surface area contributed by atoms with E-state index < -0.39 is 17.2 Å². The van der Waals surface area contributed by atoms with E-state index in [1.165, 1.54) is 0 Å². The van der Waals surface area contributed by atoms with Crippen LogP contribution in [0.25, 0.3) is 0 Å². The number of alkyl halides is 3. The largest absolute Gasteiger partial charge is 0.433 e. The average Bonchev–Trinajstić information content (AvgIpc) is 2.71. The van der Waals surface area contributed by atoms with Crippen molar-refractivity contribution in [2.75, 3.05) is 5.32 Å². The summed E-state index contributed by atoms with van der Waals surface area (Å²) in [5.74, 6) is -0.00187. The Morgan fingerprint density at radius 3 is 2.68 bits per heavy atom. The van der Waals surface area contributed by atoms with Gasteiger partial charge < -0.3 is 5.32 Å². The fraction of sp³-hybridized carbons (Fsp3) is 0.300. The summed E-state index contributed by atoms with van der Waals surface area (Å²) in [6, 6.07) is 2.54.